The number of carbonyl (C=O) groups is 1. The van der Waals surface area contributed by atoms with E-state index in [0.29, 0.717) is 19.5 Å². The van der Waals surface area contributed by atoms with E-state index in [-0.39, 0.29) is 11.9 Å². The summed E-state index contributed by atoms with van der Waals surface area (Å²) in [4.78, 5) is 13.1. The standard InChI is InChI=1S/C9H13N3O2/c1-6-2-8(11-14-6)5-12-4-7(10)3-9(12)13/h2,7H,3-5,10H2,1H3. The minimum Gasteiger partial charge on any atom is -0.361 e. The number of nitrogens with two attached hydrogens (primary N) is 1. The van der Waals surface area contributed by atoms with Crippen molar-refractivity contribution in [3.63, 3.8) is 0 Å². The highest BCUT2D eigenvalue weighted by Crippen LogP contribution is 2.13. The number of rotatable bonds is 2. The second-order valence-corrected chi connectivity index (χ2v) is 3.67. The fraction of sp³-hybridized carbons (Fsp3) is 0.556. The molecule has 1 atom stereocenters. The van der Waals surface area contributed by atoms with Gasteiger partial charge in [0.2, 0.25) is 5.91 Å². The molecule has 14 heavy (non-hydrogen) atoms. The summed E-state index contributed by atoms with van der Waals surface area (Å²) in [6.45, 7) is 2.95. The first-order valence-corrected chi connectivity index (χ1v) is 4.60. The van der Waals surface area contributed by atoms with Gasteiger partial charge in [-0.3, -0.25) is 4.79 Å². The van der Waals surface area contributed by atoms with E-state index in [1.165, 1.54) is 0 Å². The molecule has 1 fully saturated rings. The molecule has 2 N–H and O–H groups in total. The third-order valence-corrected chi connectivity index (χ3v) is 2.27. The molecule has 0 aromatic carbocycles. The molecular formula is C9H13N3O2. The van der Waals surface area contributed by atoms with E-state index < -0.39 is 0 Å². The summed E-state index contributed by atoms with van der Waals surface area (Å²) < 4.78 is 4.92. The Morgan fingerprint density at radius 1 is 1.79 bits per heavy atom. The lowest BCUT2D eigenvalue weighted by molar-refractivity contribution is -0.128. The summed E-state index contributed by atoms with van der Waals surface area (Å²) >= 11 is 0. The van der Waals surface area contributed by atoms with Crippen molar-refractivity contribution in [1.29, 1.82) is 0 Å². The maximum atomic E-state index is 11.4. The molecule has 2 rings (SSSR count). The summed E-state index contributed by atoms with van der Waals surface area (Å²) in [5, 5.41) is 3.83. The summed E-state index contributed by atoms with van der Waals surface area (Å²) in [6, 6.07) is 1.80. The van der Waals surface area contributed by atoms with Gasteiger partial charge in [-0.2, -0.15) is 0 Å². The summed E-state index contributed by atoms with van der Waals surface area (Å²) in [7, 11) is 0. The lowest BCUT2D eigenvalue weighted by atomic mass is 10.3. The van der Waals surface area contributed by atoms with E-state index in [4.69, 9.17) is 10.3 Å². The minimum absolute atomic E-state index is 0.0319. The molecular weight excluding hydrogens is 182 g/mol. The summed E-state index contributed by atoms with van der Waals surface area (Å²) in [6.07, 6.45) is 0.441. The van der Waals surface area contributed by atoms with Gasteiger partial charge in [-0.25, -0.2) is 0 Å². The van der Waals surface area contributed by atoms with Crippen molar-refractivity contribution in [2.24, 2.45) is 5.73 Å². The molecule has 5 nitrogen and oxygen atoms in total. The van der Waals surface area contributed by atoms with Gasteiger partial charge in [0.15, 0.2) is 0 Å². The van der Waals surface area contributed by atoms with Crippen LogP contribution >= 0.6 is 0 Å². The van der Waals surface area contributed by atoms with E-state index in [2.05, 4.69) is 5.16 Å². The summed E-state index contributed by atoms with van der Waals surface area (Å²) in [5.41, 5.74) is 6.45. The zero-order valence-electron chi connectivity index (χ0n) is 8.06. The van der Waals surface area contributed by atoms with Crippen molar-refractivity contribution >= 4 is 5.91 Å². The van der Waals surface area contributed by atoms with Gasteiger partial charge in [0, 0.05) is 25.1 Å². The van der Waals surface area contributed by atoms with Crippen LogP contribution in [0.5, 0.6) is 0 Å². The van der Waals surface area contributed by atoms with Crippen molar-refractivity contribution in [3.05, 3.63) is 17.5 Å². The van der Waals surface area contributed by atoms with Gasteiger partial charge in [-0.1, -0.05) is 5.16 Å². The van der Waals surface area contributed by atoms with Crippen LogP contribution in [0.25, 0.3) is 0 Å². The van der Waals surface area contributed by atoms with Crippen molar-refractivity contribution in [3.8, 4) is 0 Å². The van der Waals surface area contributed by atoms with Crippen LogP contribution in [0.4, 0.5) is 0 Å². The number of nitrogens with zero attached hydrogens (tertiary/aromatic N) is 2. The van der Waals surface area contributed by atoms with Gasteiger partial charge < -0.3 is 15.2 Å². The fourth-order valence-corrected chi connectivity index (χ4v) is 1.64. The Hall–Kier alpha value is -1.36. The Balaban J connectivity index is 2.01. The number of amides is 1. The normalized spacial score (nSPS) is 22.0. The molecule has 76 valence electrons. The predicted octanol–water partition coefficient (Wildman–Crippen LogP) is 0.0426. The molecule has 1 aliphatic heterocycles. The SMILES string of the molecule is Cc1cc(CN2CC(N)CC2=O)no1. The molecule has 1 amide bonds. The average Bonchev–Trinajstić information content (AvgIpc) is 2.61. The minimum atomic E-state index is -0.0319. The van der Waals surface area contributed by atoms with Crippen LogP contribution in [0.1, 0.15) is 17.9 Å². The zero-order chi connectivity index (χ0) is 10.1. The third kappa shape index (κ3) is 1.77. The van der Waals surface area contributed by atoms with Crippen LogP contribution in [-0.4, -0.2) is 28.6 Å². The second-order valence-electron chi connectivity index (χ2n) is 3.67. The van der Waals surface area contributed by atoms with E-state index in [1.54, 1.807) is 4.90 Å². The molecule has 0 spiro atoms. The highest BCUT2D eigenvalue weighted by molar-refractivity contribution is 5.79. The van der Waals surface area contributed by atoms with Gasteiger partial charge in [0.25, 0.3) is 0 Å². The van der Waals surface area contributed by atoms with E-state index in [9.17, 15) is 4.79 Å². The number of likely N-dealkylation sites (tertiary alicyclic amines) is 1. The molecule has 0 bridgehead atoms. The van der Waals surface area contributed by atoms with Gasteiger partial charge >= 0.3 is 0 Å². The number of aromatic nitrogens is 1. The van der Waals surface area contributed by atoms with Crippen molar-refractivity contribution in [1.82, 2.24) is 10.1 Å². The first kappa shape index (κ1) is 9.21. The Kier molecular flexibility index (Phi) is 2.25. The molecule has 2 heterocycles. The van der Waals surface area contributed by atoms with Gasteiger partial charge in [0.05, 0.1) is 6.54 Å². The van der Waals surface area contributed by atoms with Crippen LogP contribution in [0.15, 0.2) is 10.6 Å². The van der Waals surface area contributed by atoms with E-state index in [1.807, 2.05) is 13.0 Å². The Morgan fingerprint density at radius 2 is 2.57 bits per heavy atom. The smallest absolute Gasteiger partial charge is 0.224 e. The first-order valence-electron chi connectivity index (χ1n) is 4.60. The zero-order valence-corrected chi connectivity index (χ0v) is 8.06. The first-order chi connectivity index (χ1) is 6.65. The molecule has 1 unspecified atom stereocenters. The average molecular weight is 195 g/mol. The largest absolute Gasteiger partial charge is 0.361 e. The number of hydrogen-bond acceptors (Lipinski definition) is 4. The summed E-state index contributed by atoms with van der Waals surface area (Å²) in [5.74, 6) is 0.856. The van der Waals surface area contributed by atoms with Crippen LogP contribution in [0.3, 0.4) is 0 Å². The molecule has 5 heteroatoms. The molecule has 1 aliphatic rings. The van der Waals surface area contributed by atoms with Crippen molar-refractivity contribution < 1.29 is 9.32 Å². The van der Waals surface area contributed by atoms with Crippen LogP contribution in [0.2, 0.25) is 0 Å². The Bertz CT molecular complexity index is 348. The molecule has 1 saturated heterocycles. The van der Waals surface area contributed by atoms with Crippen molar-refractivity contribution in [2.45, 2.75) is 25.9 Å². The number of hydrogen-bond donors (Lipinski definition) is 1. The maximum Gasteiger partial charge on any atom is 0.224 e. The van der Waals surface area contributed by atoms with Crippen LogP contribution in [0, 0.1) is 6.92 Å². The van der Waals surface area contributed by atoms with Gasteiger partial charge in [-0.15, -0.1) is 0 Å². The van der Waals surface area contributed by atoms with E-state index in [0.717, 1.165) is 11.5 Å². The monoisotopic (exact) mass is 195 g/mol. The molecule has 1 aromatic heterocycles. The lowest BCUT2D eigenvalue weighted by Crippen LogP contribution is -2.27. The topological polar surface area (TPSA) is 72.4 Å². The van der Waals surface area contributed by atoms with Crippen LogP contribution in [-0.2, 0) is 11.3 Å². The second kappa shape index (κ2) is 3.42. The third-order valence-electron chi connectivity index (χ3n) is 2.27. The fourth-order valence-electron chi connectivity index (χ4n) is 1.64. The lowest BCUT2D eigenvalue weighted by Gasteiger charge is -2.13. The highest BCUT2D eigenvalue weighted by Gasteiger charge is 2.27. The Labute approximate surface area is 81.8 Å². The Morgan fingerprint density at radius 3 is 3.07 bits per heavy atom. The predicted molar refractivity (Wildman–Crippen MR) is 49.2 cm³/mol. The van der Waals surface area contributed by atoms with Gasteiger partial charge in [-0.05, 0) is 6.92 Å². The quantitative estimate of drug-likeness (QED) is 0.723. The number of aryl methyl sites for hydroxylation is 1. The molecule has 1 aromatic rings. The number of carbonyl (C=O) groups excluding carboxylic acids is 1. The van der Waals surface area contributed by atoms with Gasteiger partial charge in [0.1, 0.15) is 11.5 Å². The van der Waals surface area contributed by atoms with E-state index >= 15 is 0 Å². The molecule has 0 aliphatic carbocycles. The maximum absolute atomic E-state index is 11.4. The highest BCUT2D eigenvalue weighted by atomic mass is 16.5. The molecule has 0 radical (unpaired) electrons. The molecule has 0 saturated carbocycles. The van der Waals surface area contributed by atoms with Crippen LogP contribution < -0.4 is 5.73 Å². The van der Waals surface area contributed by atoms with Crippen molar-refractivity contribution in [2.75, 3.05) is 6.54 Å².